The molecule has 0 spiro atoms. The van der Waals surface area contributed by atoms with Gasteiger partial charge in [0.25, 0.3) is 5.69 Å². The Morgan fingerprint density at radius 3 is 2.75 bits per heavy atom. The molecule has 0 aliphatic rings. The summed E-state index contributed by atoms with van der Waals surface area (Å²) < 4.78 is 5.06. The number of carboxylic acid groups (broad SMARTS) is 1. The summed E-state index contributed by atoms with van der Waals surface area (Å²) in [5, 5.41) is 22.9. The second kappa shape index (κ2) is 7.44. The number of rotatable bonds is 8. The van der Waals surface area contributed by atoms with Gasteiger partial charge in [0, 0.05) is 25.3 Å². The average molecular weight is 282 g/mol. The molecule has 0 aromatic heterocycles. The molecule has 7 heteroatoms. The first-order chi connectivity index (χ1) is 9.49. The molecular weight excluding hydrogens is 264 g/mol. The van der Waals surface area contributed by atoms with Gasteiger partial charge in [0.15, 0.2) is 0 Å². The van der Waals surface area contributed by atoms with Crippen LogP contribution < -0.4 is 5.32 Å². The largest absolute Gasteiger partial charge is 0.478 e. The number of benzene rings is 1. The van der Waals surface area contributed by atoms with Crippen molar-refractivity contribution < 1.29 is 19.6 Å². The van der Waals surface area contributed by atoms with Crippen molar-refractivity contribution in [2.75, 3.05) is 19.0 Å². The highest BCUT2D eigenvalue weighted by Crippen LogP contribution is 2.24. The Kier molecular flexibility index (Phi) is 5.92. The minimum atomic E-state index is -1.13. The molecule has 0 aliphatic carbocycles. The lowest BCUT2D eigenvalue weighted by Gasteiger charge is -2.19. The van der Waals surface area contributed by atoms with E-state index in [1.54, 1.807) is 7.11 Å². The Morgan fingerprint density at radius 1 is 1.55 bits per heavy atom. The maximum absolute atomic E-state index is 11.2. The zero-order chi connectivity index (χ0) is 15.1. The van der Waals surface area contributed by atoms with Crippen LogP contribution in [0.3, 0.4) is 0 Å². The molecule has 1 atom stereocenters. The third-order valence-corrected chi connectivity index (χ3v) is 2.81. The van der Waals surface area contributed by atoms with E-state index in [0.29, 0.717) is 6.61 Å². The molecule has 1 unspecified atom stereocenters. The van der Waals surface area contributed by atoms with Crippen LogP contribution in [0.1, 0.15) is 30.1 Å². The summed E-state index contributed by atoms with van der Waals surface area (Å²) in [6.07, 6.45) is 1.66. The van der Waals surface area contributed by atoms with Gasteiger partial charge in [-0.25, -0.2) is 4.79 Å². The number of carboxylic acids is 1. The third-order valence-electron chi connectivity index (χ3n) is 2.81. The van der Waals surface area contributed by atoms with E-state index in [1.165, 1.54) is 18.2 Å². The highest BCUT2D eigenvalue weighted by molar-refractivity contribution is 5.94. The number of methoxy groups -OCH3 is 1. The molecule has 0 heterocycles. The van der Waals surface area contributed by atoms with Crippen molar-refractivity contribution >= 4 is 17.3 Å². The van der Waals surface area contributed by atoms with Gasteiger partial charge >= 0.3 is 5.97 Å². The van der Waals surface area contributed by atoms with Gasteiger partial charge in [0.1, 0.15) is 0 Å². The van der Waals surface area contributed by atoms with Crippen LogP contribution in [0, 0.1) is 10.1 Å². The fourth-order valence-electron chi connectivity index (χ4n) is 1.92. The first kappa shape index (κ1) is 15.9. The molecule has 0 aliphatic heterocycles. The Balaban J connectivity index is 3.07. The van der Waals surface area contributed by atoms with E-state index in [0.717, 1.165) is 12.8 Å². The molecule has 0 saturated carbocycles. The van der Waals surface area contributed by atoms with Gasteiger partial charge in [-0.1, -0.05) is 13.3 Å². The molecule has 1 aromatic rings. The smallest absolute Gasteiger partial charge is 0.337 e. The third kappa shape index (κ3) is 4.20. The normalized spacial score (nSPS) is 11.9. The molecule has 1 rings (SSSR count). The number of nitrogens with one attached hydrogen (secondary N) is 1. The lowest BCUT2D eigenvalue weighted by Crippen LogP contribution is -2.25. The van der Waals surface area contributed by atoms with Crippen molar-refractivity contribution in [2.45, 2.75) is 25.8 Å². The van der Waals surface area contributed by atoms with Crippen molar-refractivity contribution in [3.63, 3.8) is 0 Å². The number of aromatic carboxylic acids is 1. The van der Waals surface area contributed by atoms with Gasteiger partial charge < -0.3 is 15.2 Å². The number of nitro benzene ring substituents is 1. The second-order valence-corrected chi connectivity index (χ2v) is 4.38. The predicted molar refractivity (Wildman–Crippen MR) is 74.3 cm³/mol. The van der Waals surface area contributed by atoms with Gasteiger partial charge in [0.2, 0.25) is 0 Å². The summed E-state index contributed by atoms with van der Waals surface area (Å²) in [4.78, 5) is 21.4. The number of nitrogens with zero attached hydrogens (tertiary/aromatic N) is 1. The SMILES string of the molecule is CCCC(COC)Nc1cc([N+](=O)[O-])ccc1C(=O)O. The Bertz CT molecular complexity index is 484. The van der Waals surface area contributed by atoms with Crippen molar-refractivity contribution in [1.29, 1.82) is 0 Å². The van der Waals surface area contributed by atoms with Crippen LogP contribution in [0.15, 0.2) is 18.2 Å². The first-order valence-electron chi connectivity index (χ1n) is 6.26. The summed E-state index contributed by atoms with van der Waals surface area (Å²) in [5.74, 6) is -1.13. The van der Waals surface area contributed by atoms with Gasteiger partial charge in [-0.3, -0.25) is 10.1 Å². The maximum Gasteiger partial charge on any atom is 0.337 e. The highest BCUT2D eigenvalue weighted by Gasteiger charge is 2.18. The van der Waals surface area contributed by atoms with Gasteiger partial charge in [0.05, 0.1) is 22.8 Å². The van der Waals surface area contributed by atoms with E-state index in [4.69, 9.17) is 9.84 Å². The number of hydrogen-bond donors (Lipinski definition) is 2. The minimum absolute atomic E-state index is 0.00723. The number of hydrogen-bond acceptors (Lipinski definition) is 5. The van der Waals surface area contributed by atoms with Gasteiger partial charge in [-0.05, 0) is 12.5 Å². The number of non-ortho nitro benzene ring substituents is 1. The van der Waals surface area contributed by atoms with E-state index < -0.39 is 10.9 Å². The molecule has 110 valence electrons. The van der Waals surface area contributed by atoms with Crippen LogP contribution in [-0.2, 0) is 4.74 Å². The predicted octanol–water partition coefficient (Wildman–Crippen LogP) is 2.52. The maximum atomic E-state index is 11.2. The zero-order valence-electron chi connectivity index (χ0n) is 11.5. The Hall–Kier alpha value is -2.15. The number of nitro groups is 1. The summed E-state index contributed by atoms with van der Waals surface area (Å²) in [7, 11) is 1.55. The van der Waals surface area contributed by atoms with Crippen LogP contribution in [0.4, 0.5) is 11.4 Å². The quantitative estimate of drug-likeness (QED) is 0.561. The highest BCUT2D eigenvalue weighted by atomic mass is 16.6. The molecule has 2 N–H and O–H groups in total. The lowest BCUT2D eigenvalue weighted by molar-refractivity contribution is -0.384. The minimum Gasteiger partial charge on any atom is -0.478 e. The monoisotopic (exact) mass is 282 g/mol. The fraction of sp³-hybridized carbons (Fsp3) is 0.462. The van der Waals surface area contributed by atoms with Gasteiger partial charge in [-0.2, -0.15) is 0 Å². The molecule has 1 aromatic carbocycles. The molecule has 7 nitrogen and oxygen atoms in total. The first-order valence-corrected chi connectivity index (χ1v) is 6.26. The standard InChI is InChI=1S/C13H18N2O5/c1-3-4-9(8-20-2)14-12-7-10(15(18)19)5-6-11(12)13(16)17/h5-7,9,14H,3-4,8H2,1-2H3,(H,16,17). The summed E-state index contributed by atoms with van der Waals surface area (Å²) in [6, 6.07) is 3.56. The molecule has 0 saturated heterocycles. The van der Waals surface area contributed by atoms with Crippen LogP contribution in [-0.4, -0.2) is 35.8 Å². The zero-order valence-corrected chi connectivity index (χ0v) is 11.5. The fourth-order valence-corrected chi connectivity index (χ4v) is 1.92. The van der Waals surface area contributed by atoms with E-state index in [2.05, 4.69) is 5.32 Å². The number of ether oxygens (including phenoxy) is 1. The van der Waals surface area contributed by atoms with E-state index in [1.807, 2.05) is 6.92 Å². The number of carbonyl (C=O) groups is 1. The lowest BCUT2D eigenvalue weighted by atomic mass is 10.1. The number of anilines is 1. The van der Waals surface area contributed by atoms with Crippen molar-refractivity contribution in [1.82, 2.24) is 0 Å². The van der Waals surface area contributed by atoms with Gasteiger partial charge in [-0.15, -0.1) is 0 Å². The van der Waals surface area contributed by atoms with Crippen molar-refractivity contribution in [3.8, 4) is 0 Å². The summed E-state index contributed by atoms with van der Waals surface area (Å²) in [5.41, 5.74) is 0.0974. The van der Waals surface area contributed by atoms with Crippen LogP contribution >= 0.6 is 0 Å². The van der Waals surface area contributed by atoms with E-state index >= 15 is 0 Å². The van der Waals surface area contributed by atoms with Crippen LogP contribution in [0.5, 0.6) is 0 Å². The molecule has 0 amide bonds. The molecule has 20 heavy (non-hydrogen) atoms. The molecular formula is C13H18N2O5. The summed E-state index contributed by atoms with van der Waals surface area (Å²) in [6.45, 7) is 2.39. The molecule has 0 fully saturated rings. The van der Waals surface area contributed by atoms with E-state index in [-0.39, 0.29) is 23.0 Å². The molecule has 0 bridgehead atoms. The molecule has 0 radical (unpaired) electrons. The Labute approximate surface area is 116 Å². The topological polar surface area (TPSA) is 102 Å². The van der Waals surface area contributed by atoms with Crippen LogP contribution in [0.25, 0.3) is 0 Å². The van der Waals surface area contributed by atoms with Crippen molar-refractivity contribution in [2.24, 2.45) is 0 Å². The van der Waals surface area contributed by atoms with E-state index in [9.17, 15) is 14.9 Å². The second-order valence-electron chi connectivity index (χ2n) is 4.38. The average Bonchev–Trinajstić information content (AvgIpc) is 2.38. The van der Waals surface area contributed by atoms with Crippen molar-refractivity contribution in [3.05, 3.63) is 33.9 Å². The Morgan fingerprint density at radius 2 is 2.25 bits per heavy atom. The van der Waals surface area contributed by atoms with Crippen LogP contribution in [0.2, 0.25) is 0 Å². The summed E-state index contributed by atoms with van der Waals surface area (Å²) >= 11 is 0.